The zero-order valence-corrected chi connectivity index (χ0v) is 20.4. The number of ether oxygens (including phenoxy) is 1. The number of aromatic nitrogens is 1. The van der Waals surface area contributed by atoms with Gasteiger partial charge in [-0.3, -0.25) is 4.79 Å². The molecule has 188 valence electrons. The monoisotopic (exact) mass is 495 g/mol. The normalized spacial score (nSPS) is 11.5. The fourth-order valence-electron chi connectivity index (χ4n) is 4.22. The minimum atomic E-state index is -1.02. The highest BCUT2D eigenvalue weighted by Crippen LogP contribution is 2.28. The van der Waals surface area contributed by atoms with Gasteiger partial charge in [0.25, 0.3) is 0 Å². The summed E-state index contributed by atoms with van der Waals surface area (Å²) in [4.78, 5) is 22.1. The number of hydrogen-bond donors (Lipinski definition) is 2. The number of aryl methyl sites for hydroxylation is 1. The highest BCUT2D eigenvalue weighted by molar-refractivity contribution is 5.99. The van der Waals surface area contributed by atoms with Crippen LogP contribution in [-0.2, 0) is 22.6 Å². The number of carboxylic acids is 2. The molecule has 4 rings (SSSR count). The summed E-state index contributed by atoms with van der Waals surface area (Å²) in [6.07, 6.45) is 10.0. The average Bonchev–Trinajstić information content (AvgIpc) is 3.25. The first-order valence-corrected chi connectivity index (χ1v) is 12.2. The topological polar surface area (TPSA) is 88.8 Å². The van der Waals surface area contributed by atoms with Gasteiger partial charge in [-0.1, -0.05) is 66.7 Å². The number of rotatable bonds is 12. The number of carbonyl (C=O) groups is 2. The summed E-state index contributed by atoms with van der Waals surface area (Å²) in [6, 6.07) is 24.0. The van der Waals surface area contributed by atoms with Crippen LogP contribution < -0.4 is 4.74 Å². The van der Waals surface area contributed by atoms with Crippen molar-refractivity contribution in [3.8, 4) is 5.75 Å². The zero-order valence-electron chi connectivity index (χ0n) is 20.4. The van der Waals surface area contributed by atoms with Gasteiger partial charge >= 0.3 is 11.9 Å². The standard InChI is InChI=1S/C31H29NO5/c33-29(34)10-5-20-32-22-26(15-18-30(35)36)31-25(8-4-9-28(31)32)14-11-24-12-16-27(17-13-24)37-21-19-23-6-2-1-3-7-23/h1-4,6-9,11-18,22H,5,10,19-21H2,(H,33,34)(H,35,36)/b14-11+,18-15+. The molecule has 6 heteroatoms. The molecular weight excluding hydrogens is 466 g/mol. The Bertz CT molecular complexity index is 1420. The summed E-state index contributed by atoms with van der Waals surface area (Å²) in [5, 5.41) is 19.0. The summed E-state index contributed by atoms with van der Waals surface area (Å²) in [7, 11) is 0. The molecule has 0 aliphatic heterocycles. The van der Waals surface area contributed by atoms with Gasteiger partial charge in [-0.05, 0) is 47.4 Å². The zero-order chi connectivity index (χ0) is 26.0. The van der Waals surface area contributed by atoms with Crippen molar-refractivity contribution in [2.45, 2.75) is 25.8 Å². The lowest BCUT2D eigenvalue weighted by molar-refractivity contribution is -0.137. The fraction of sp³-hybridized carbons (Fsp3) is 0.161. The quantitative estimate of drug-likeness (QED) is 0.175. The molecule has 0 fully saturated rings. The van der Waals surface area contributed by atoms with Crippen LogP contribution in [0.3, 0.4) is 0 Å². The molecule has 0 spiro atoms. The second kappa shape index (κ2) is 12.4. The van der Waals surface area contributed by atoms with Crippen LogP contribution in [-0.4, -0.2) is 33.3 Å². The van der Waals surface area contributed by atoms with Crippen LogP contribution in [0.25, 0.3) is 29.1 Å². The predicted octanol–water partition coefficient (Wildman–Crippen LogP) is 6.40. The third-order valence-corrected chi connectivity index (χ3v) is 6.00. The molecule has 0 amide bonds. The molecule has 0 atom stereocenters. The lowest BCUT2D eigenvalue weighted by Gasteiger charge is -2.07. The van der Waals surface area contributed by atoms with E-state index >= 15 is 0 Å². The molecule has 0 saturated heterocycles. The van der Waals surface area contributed by atoms with E-state index in [1.54, 1.807) is 6.08 Å². The highest BCUT2D eigenvalue weighted by Gasteiger charge is 2.11. The molecular formula is C31H29NO5. The third kappa shape index (κ3) is 7.21. The molecule has 0 radical (unpaired) electrons. The maximum absolute atomic E-state index is 11.1. The van der Waals surface area contributed by atoms with E-state index in [-0.39, 0.29) is 6.42 Å². The predicted molar refractivity (Wildman–Crippen MR) is 146 cm³/mol. The molecule has 4 aromatic rings. The Morgan fingerprint density at radius 2 is 1.62 bits per heavy atom. The Hall–Kier alpha value is -4.58. The van der Waals surface area contributed by atoms with E-state index in [1.165, 1.54) is 5.56 Å². The highest BCUT2D eigenvalue weighted by atomic mass is 16.5. The molecule has 2 N–H and O–H groups in total. The first-order chi connectivity index (χ1) is 18.0. The summed E-state index contributed by atoms with van der Waals surface area (Å²) >= 11 is 0. The van der Waals surface area contributed by atoms with Crippen molar-refractivity contribution in [1.29, 1.82) is 0 Å². The first kappa shape index (κ1) is 25.5. The minimum Gasteiger partial charge on any atom is -0.493 e. The molecule has 0 bridgehead atoms. The van der Waals surface area contributed by atoms with Gasteiger partial charge in [-0.2, -0.15) is 0 Å². The second-order valence-electron chi connectivity index (χ2n) is 8.67. The molecule has 1 aromatic heterocycles. The van der Waals surface area contributed by atoms with Gasteiger partial charge < -0.3 is 19.5 Å². The van der Waals surface area contributed by atoms with Gasteiger partial charge in [-0.25, -0.2) is 4.79 Å². The van der Waals surface area contributed by atoms with Crippen molar-refractivity contribution in [1.82, 2.24) is 4.57 Å². The van der Waals surface area contributed by atoms with E-state index < -0.39 is 11.9 Å². The maximum atomic E-state index is 11.1. The average molecular weight is 496 g/mol. The van der Waals surface area contributed by atoms with Crippen molar-refractivity contribution < 1.29 is 24.5 Å². The fourth-order valence-corrected chi connectivity index (χ4v) is 4.22. The van der Waals surface area contributed by atoms with Crippen LogP contribution in [0.1, 0.15) is 35.1 Å². The van der Waals surface area contributed by atoms with E-state index in [1.807, 2.05) is 83.6 Å². The molecule has 0 aliphatic carbocycles. The third-order valence-electron chi connectivity index (χ3n) is 6.00. The lowest BCUT2D eigenvalue weighted by Crippen LogP contribution is -2.01. The Kier molecular flexibility index (Phi) is 8.55. The van der Waals surface area contributed by atoms with E-state index in [0.29, 0.717) is 19.6 Å². The van der Waals surface area contributed by atoms with E-state index in [4.69, 9.17) is 14.9 Å². The van der Waals surface area contributed by atoms with E-state index in [2.05, 4.69) is 12.1 Å². The Morgan fingerprint density at radius 1 is 0.838 bits per heavy atom. The van der Waals surface area contributed by atoms with Crippen LogP contribution in [0.15, 0.2) is 85.1 Å². The number of hydrogen-bond acceptors (Lipinski definition) is 3. The summed E-state index contributed by atoms with van der Waals surface area (Å²) in [5.41, 5.74) is 4.90. The molecule has 0 unspecified atom stereocenters. The Labute approximate surface area is 215 Å². The van der Waals surface area contributed by atoms with Gasteiger partial charge in [0.1, 0.15) is 5.75 Å². The lowest BCUT2D eigenvalue weighted by atomic mass is 10.0. The van der Waals surface area contributed by atoms with Crippen LogP contribution in [0.2, 0.25) is 0 Å². The van der Waals surface area contributed by atoms with Gasteiger partial charge in [0.15, 0.2) is 0 Å². The molecule has 37 heavy (non-hydrogen) atoms. The van der Waals surface area contributed by atoms with Gasteiger partial charge in [0.2, 0.25) is 0 Å². The molecule has 6 nitrogen and oxygen atoms in total. The van der Waals surface area contributed by atoms with E-state index in [9.17, 15) is 9.59 Å². The summed E-state index contributed by atoms with van der Waals surface area (Å²) in [6.45, 7) is 1.14. The molecule has 0 saturated carbocycles. The molecule has 1 heterocycles. The molecule has 3 aromatic carbocycles. The summed E-state index contributed by atoms with van der Waals surface area (Å²) in [5.74, 6) is -1.04. The van der Waals surface area contributed by atoms with Crippen molar-refractivity contribution in [3.63, 3.8) is 0 Å². The number of aliphatic carboxylic acids is 2. The Morgan fingerprint density at radius 3 is 2.35 bits per heavy atom. The Balaban J connectivity index is 1.51. The SMILES string of the molecule is O=C(O)/C=C/c1cn(CCCC(=O)O)c2cccc(/C=C/c3ccc(OCCc4ccccc4)cc3)c12. The summed E-state index contributed by atoms with van der Waals surface area (Å²) < 4.78 is 7.86. The van der Waals surface area contributed by atoms with Gasteiger partial charge in [0, 0.05) is 48.1 Å². The number of fused-ring (bicyclic) bond motifs is 1. The van der Waals surface area contributed by atoms with Crippen LogP contribution in [0.5, 0.6) is 5.75 Å². The van der Waals surface area contributed by atoms with E-state index in [0.717, 1.165) is 45.8 Å². The van der Waals surface area contributed by atoms with Crippen LogP contribution in [0.4, 0.5) is 0 Å². The van der Waals surface area contributed by atoms with Crippen molar-refractivity contribution in [3.05, 3.63) is 107 Å². The van der Waals surface area contributed by atoms with Crippen molar-refractivity contribution in [2.75, 3.05) is 6.61 Å². The maximum Gasteiger partial charge on any atom is 0.328 e. The van der Waals surface area contributed by atoms with Gasteiger partial charge in [0.05, 0.1) is 6.61 Å². The minimum absolute atomic E-state index is 0.0749. The van der Waals surface area contributed by atoms with Crippen molar-refractivity contribution >= 4 is 41.1 Å². The van der Waals surface area contributed by atoms with Crippen LogP contribution in [0, 0.1) is 0 Å². The van der Waals surface area contributed by atoms with Crippen LogP contribution >= 0.6 is 0 Å². The molecule has 0 aliphatic rings. The number of nitrogens with zero attached hydrogens (tertiary/aromatic N) is 1. The number of benzene rings is 3. The van der Waals surface area contributed by atoms with Gasteiger partial charge in [-0.15, -0.1) is 0 Å². The largest absolute Gasteiger partial charge is 0.493 e. The smallest absolute Gasteiger partial charge is 0.328 e. The van der Waals surface area contributed by atoms with Crippen molar-refractivity contribution in [2.24, 2.45) is 0 Å². The number of carboxylic acid groups (broad SMARTS) is 2. The first-order valence-electron chi connectivity index (χ1n) is 12.2. The second-order valence-corrected chi connectivity index (χ2v) is 8.67.